The van der Waals surface area contributed by atoms with Gasteiger partial charge in [0.1, 0.15) is 0 Å². The molecule has 13 heavy (non-hydrogen) atoms. The normalized spacial score (nSPS) is 7.54. The summed E-state index contributed by atoms with van der Waals surface area (Å²) in [6.07, 6.45) is 1.57. The molecule has 0 fully saturated rings. The fourth-order valence-corrected chi connectivity index (χ4v) is 0.616. The lowest BCUT2D eigenvalue weighted by atomic mass is 10.3. The summed E-state index contributed by atoms with van der Waals surface area (Å²) in [5, 5.41) is 0. The Morgan fingerprint density at radius 1 is 1.23 bits per heavy atom. The van der Waals surface area contributed by atoms with Crippen LogP contribution in [0.4, 0.5) is 0 Å². The van der Waals surface area contributed by atoms with E-state index in [0.29, 0.717) is 5.76 Å². The molecule has 2 heteroatoms. The van der Waals surface area contributed by atoms with Gasteiger partial charge in [-0.3, -0.25) is 4.79 Å². The Morgan fingerprint density at radius 2 is 1.69 bits per heavy atom. The molecule has 0 saturated heterocycles. The van der Waals surface area contributed by atoms with Crippen LogP contribution in [0.1, 0.15) is 50.7 Å². The van der Waals surface area contributed by atoms with Crippen molar-refractivity contribution >= 4 is 5.78 Å². The van der Waals surface area contributed by atoms with E-state index < -0.39 is 0 Å². The fraction of sp³-hybridized carbons (Fsp3) is 0.545. The molecule has 0 unspecified atom stereocenters. The highest BCUT2D eigenvalue weighted by Crippen LogP contribution is 2.05. The average molecular weight is 184 g/mol. The van der Waals surface area contributed by atoms with Crippen molar-refractivity contribution in [1.82, 2.24) is 0 Å². The molecule has 2 nitrogen and oxygen atoms in total. The van der Waals surface area contributed by atoms with Gasteiger partial charge in [-0.05, 0) is 18.6 Å². The van der Waals surface area contributed by atoms with Crippen molar-refractivity contribution in [3.05, 3.63) is 23.7 Å². The summed E-state index contributed by atoms with van der Waals surface area (Å²) in [7, 11) is 0. The van der Waals surface area contributed by atoms with Gasteiger partial charge in [-0.25, -0.2) is 0 Å². The largest absolute Gasteiger partial charge is 0.461 e. The molecule has 0 bridgehead atoms. The molecule has 0 N–H and O–H groups in total. The Balaban J connectivity index is 0. The number of rotatable bonds is 1. The van der Waals surface area contributed by atoms with Crippen molar-refractivity contribution in [3.8, 4) is 0 Å². The number of hydrogen-bond acceptors (Lipinski definition) is 2. The first-order valence-electron chi connectivity index (χ1n) is 4.76. The summed E-state index contributed by atoms with van der Waals surface area (Å²) in [5.41, 5.74) is 0.986. The third-order valence-electron chi connectivity index (χ3n) is 1.08. The van der Waals surface area contributed by atoms with Crippen LogP contribution in [0.15, 0.2) is 16.7 Å². The van der Waals surface area contributed by atoms with Crippen LogP contribution in [0.25, 0.3) is 0 Å². The number of carbonyl (C=O) groups is 1. The number of furan rings is 1. The van der Waals surface area contributed by atoms with Crippen LogP contribution in [0.3, 0.4) is 0 Å². The van der Waals surface area contributed by atoms with Gasteiger partial charge in [-0.1, -0.05) is 27.7 Å². The van der Waals surface area contributed by atoms with Crippen LogP contribution < -0.4 is 0 Å². The minimum Gasteiger partial charge on any atom is -0.461 e. The van der Waals surface area contributed by atoms with Gasteiger partial charge < -0.3 is 4.42 Å². The standard InChI is InChI=1S/C7H8O2.2C2H6/c1-5-3-7(6(2)8)9-4-5;2*1-2/h3-4H,1-2H3;2*1-2H3. The summed E-state index contributed by atoms with van der Waals surface area (Å²) >= 11 is 0. The molecule has 0 aliphatic heterocycles. The van der Waals surface area contributed by atoms with E-state index in [-0.39, 0.29) is 5.78 Å². The molecule has 0 saturated carbocycles. The zero-order valence-electron chi connectivity index (χ0n) is 9.47. The second kappa shape index (κ2) is 9.04. The molecule has 0 atom stereocenters. The third-order valence-corrected chi connectivity index (χ3v) is 1.08. The molecule has 0 aliphatic rings. The zero-order chi connectivity index (χ0) is 10.9. The van der Waals surface area contributed by atoms with E-state index >= 15 is 0 Å². The maximum Gasteiger partial charge on any atom is 0.194 e. The summed E-state index contributed by atoms with van der Waals surface area (Å²) in [6, 6.07) is 1.72. The predicted molar refractivity (Wildman–Crippen MR) is 56.1 cm³/mol. The molecule has 0 aromatic carbocycles. The molecule has 0 aliphatic carbocycles. The van der Waals surface area contributed by atoms with Crippen LogP contribution in [-0.4, -0.2) is 5.78 Å². The topological polar surface area (TPSA) is 30.2 Å². The Bertz CT molecular complexity index is 224. The fourth-order valence-electron chi connectivity index (χ4n) is 0.616. The predicted octanol–water partition coefficient (Wildman–Crippen LogP) is 3.84. The van der Waals surface area contributed by atoms with Crippen molar-refractivity contribution in [2.24, 2.45) is 0 Å². The van der Waals surface area contributed by atoms with E-state index in [9.17, 15) is 4.79 Å². The van der Waals surface area contributed by atoms with Gasteiger partial charge in [0, 0.05) is 6.92 Å². The van der Waals surface area contributed by atoms with Gasteiger partial charge in [-0.15, -0.1) is 0 Å². The smallest absolute Gasteiger partial charge is 0.194 e. The van der Waals surface area contributed by atoms with Gasteiger partial charge in [0.2, 0.25) is 0 Å². The van der Waals surface area contributed by atoms with Crippen molar-refractivity contribution in [1.29, 1.82) is 0 Å². The van der Waals surface area contributed by atoms with Gasteiger partial charge in [-0.2, -0.15) is 0 Å². The van der Waals surface area contributed by atoms with Crippen LogP contribution in [0, 0.1) is 6.92 Å². The van der Waals surface area contributed by atoms with Crippen LogP contribution >= 0.6 is 0 Å². The number of Topliss-reactive ketones (excluding diaryl/α,β-unsaturated/α-hetero) is 1. The maximum absolute atomic E-state index is 10.6. The van der Waals surface area contributed by atoms with E-state index in [2.05, 4.69) is 0 Å². The van der Waals surface area contributed by atoms with E-state index in [0.717, 1.165) is 5.56 Å². The van der Waals surface area contributed by atoms with Gasteiger partial charge in [0.05, 0.1) is 6.26 Å². The van der Waals surface area contributed by atoms with E-state index in [1.165, 1.54) is 6.92 Å². The van der Waals surface area contributed by atoms with Gasteiger partial charge in [0.15, 0.2) is 11.5 Å². The molecule has 1 rings (SSSR count). The van der Waals surface area contributed by atoms with E-state index in [1.807, 2.05) is 34.6 Å². The maximum atomic E-state index is 10.6. The lowest BCUT2D eigenvalue weighted by Crippen LogP contribution is -1.85. The lowest BCUT2D eigenvalue weighted by molar-refractivity contribution is 0.0987. The Hall–Kier alpha value is -1.05. The van der Waals surface area contributed by atoms with E-state index in [1.54, 1.807) is 12.3 Å². The molecule has 1 heterocycles. The zero-order valence-corrected chi connectivity index (χ0v) is 9.47. The minimum absolute atomic E-state index is 0.0249. The van der Waals surface area contributed by atoms with Crippen molar-refractivity contribution in [2.75, 3.05) is 0 Å². The van der Waals surface area contributed by atoms with Crippen LogP contribution in [0.5, 0.6) is 0 Å². The number of aryl methyl sites for hydroxylation is 1. The third kappa shape index (κ3) is 6.14. The van der Waals surface area contributed by atoms with Crippen molar-refractivity contribution in [2.45, 2.75) is 41.5 Å². The van der Waals surface area contributed by atoms with Crippen molar-refractivity contribution < 1.29 is 9.21 Å². The van der Waals surface area contributed by atoms with E-state index in [4.69, 9.17) is 4.42 Å². The highest BCUT2D eigenvalue weighted by atomic mass is 16.3. The molecule has 0 radical (unpaired) electrons. The second-order valence-electron chi connectivity index (χ2n) is 2.04. The summed E-state index contributed by atoms with van der Waals surface area (Å²) < 4.78 is 4.88. The molecule has 0 amide bonds. The first kappa shape index (κ1) is 14.5. The average Bonchev–Trinajstić information content (AvgIpc) is 2.59. The summed E-state index contributed by atoms with van der Waals surface area (Å²) in [6.45, 7) is 11.4. The van der Waals surface area contributed by atoms with Crippen molar-refractivity contribution in [3.63, 3.8) is 0 Å². The number of ketones is 1. The summed E-state index contributed by atoms with van der Waals surface area (Å²) in [4.78, 5) is 10.6. The van der Waals surface area contributed by atoms with Crippen LogP contribution in [0.2, 0.25) is 0 Å². The first-order chi connectivity index (χ1) is 6.20. The molecule has 0 spiro atoms. The Kier molecular flexibility index (Phi) is 10.1. The van der Waals surface area contributed by atoms with Gasteiger partial charge >= 0.3 is 0 Å². The number of hydrogen-bond donors (Lipinski definition) is 0. The van der Waals surface area contributed by atoms with Gasteiger partial charge in [0.25, 0.3) is 0 Å². The molecule has 1 aromatic heterocycles. The SMILES string of the molecule is CC.CC.CC(=O)c1cc(C)co1. The summed E-state index contributed by atoms with van der Waals surface area (Å²) in [5.74, 6) is 0.413. The highest BCUT2D eigenvalue weighted by molar-refractivity contribution is 5.91. The first-order valence-corrected chi connectivity index (χ1v) is 4.76. The Morgan fingerprint density at radius 3 is 1.85 bits per heavy atom. The molecular formula is C11H20O2. The quantitative estimate of drug-likeness (QED) is 0.621. The van der Waals surface area contributed by atoms with Crippen LogP contribution in [-0.2, 0) is 0 Å². The Labute approximate surface area is 81.0 Å². The monoisotopic (exact) mass is 184 g/mol. The second-order valence-corrected chi connectivity index (χ2v) is 2.04. The molecule has 76 valence electrons. The molecule has 1 aromatic rings. The number of carbonyl (C=O) groups excluding carboxylic acids is 1. The minimum atomic E-state index is -0.0249. The molecular weight excluding hydrogens is 164 g/mol. The lowest BCUT2D eigenvalue weighted by Gasteiger charge is -1.80. The highest BCUT2D eigenvalue weighted by Gasteiger charge is 2.01.